The number of hydrogen-bond donors (Lipinski definition) is 2. The van der Waals surface area contributed by atoms with E-state index in [-0.39, 0.29) is 0 Å². The molecule has 1 rings (SSSR count). The van der Waals surface area contributed by atoms with Gasteiger partial charge in [-0.05, 0) is 0 Å². The zero-order valence-corrected chi connectivity index (χ0v) is 6.35. The predicted octanol–water partition coefficient (Wildman–Crippen LogP) is 0.314. The summed E-state index contributed by atoms with van der Waals surface area (Å²) < 4.78 is 1.97. The number of anilines is 2. The highest BCUT2D eigenvalue weighted by Gasteiger charge is 1.96. The molecule has 1 heterocycles. The number of aromatic nitrogens is 2. The van der Waals surface area contributed by atoms with Crippen LogP contribution in [-0.2, 0) is 7.05 Å². The van der Waals surface area contributed by atoms with Gasteiger partial charge in [0.25, 0.3) is 0 Å². The number of nitrogens with zero attached hydrogens (tertiary/aromatic N) is 2. The molecular weight excluding hydrogens is 148 g/mol. The van der Waals surface area contributed by atoms with Gasteiger partial charge in [-0.3, -0.25) is 4.68 Å². The lowest BCUT2D eigenvalue weighted by molar-refractivity contribution is 0.731. The SMILES string of the molecule is Cn1ncc(N)c(N)c1=S. The number of rotatable bonds is 0. The van der Waals surface area contributed by atoms with Gasteiger partial charge in [-0.2, -0.15) is 5.10 Å². The maximum atomic E-state index is 5.49. The van der Waals surface area contributed by atoms with Crippen molar-refractivity contribution in [3.63, 3.8) is 0 Å². The number of nitrogens with two attached hydrogens (primary N) is 2. The predicted molar refractivity (Wildman–Crippen MR) is 42.9 cm³/mol. The molecule has 0 radical (unpaired) electrons. The van der Waals surface area contributed by atoms with Crippen LogP contribution in [0.3, 0.4) is 0 Å². The molecule has 10 heavy (non-hydrogen) atoms. The average Bonchev–Trinajstić information content (AvgIpc) is 1.93. The van der Waals surface area contributed by atoms with Gasteiger partial charge in [0.1, 0.15) is 4.64 Å². The van der Waals surface area contributed by atoms with Crippen molar-refractivity contribution in [2.75, 3.05) is 11.5 Å². The molecule has 0 saturated carbocycles. The molecular formula is C5H8N4S. The van der Waals surface area contributed by atoms with E-state index >= 15 is 0 Å². The van der Waals surface area contributed by atoms with Gasteiger partial charge in [-0.25, -0.2) is 0 Å². The molecule has 0 spiro atoms. The van der Waals surface area contributed by atoms with Crippen molar-refractivity contribution in [1.29, 1.82) is 0 Å². The highest BCUT2D eigenvalue weighted by molar-refractivity contribution is 7.71. The second kappa shape index (κ2) is 2.26. The van der Waals surface area contributed by atoms with Gasteiger partial charge in [-0.15, -0.1) is 0 Å². The van der Waals surface area contributed by atoms with E-state index in [1.807, 2.05) is 0 Å². The monoisotopic (exact) mass is 156 g/mol. The first-order valence-corrected chi connectivity index (χ1v) is 3.11. The van der Waals surface area contributed by atoms with E-state index in [1.54, 1.807) is 7.05 Å². The molecule has 0 aliphatic heterocycles. The third-order valence-electron chi connectivity index (χ3n) is 1.21. The van der Waals surface area contributed by atoms with Crippen LogP contribution >= 0.6 is 12.2 Å². The number of aryl methyl sites for hydroxylation is 1. The van der Waals surface area contributed by atoms with Crippen molar-refractivity contribution in [3.05, 3.63) is 10.8 Å². The van der Waals surface area contributed by atoms with Gasteiger partial charge in [0.05, 0.1) is 17.6 Å². The first kappa shape index (κ1) is 7.01. The van der Waals surface area contributed by atoms with Crippen LogP contribution in [0.2, 0.25) is 0 Å². The lowest BCUT2D eigenvalue weighted by atomic mass is 10.4. The van der Waals surface area contributed by atoms with Crippen LogP contribution in [0, 0.1) is 4.64 Å². The van der Waals surface area contributed by atoms with Gasteiger partial charge < -0.3 is 11.5 Å². The minimum absolute atomic E-state index is 0.424. The van der Waals surface area contributed by atoms with Crippen molar-refractivity contribution < 1.29 is 0 Å². The first-order valence-electron chi connectivity index (χ1n) is 2.70. The molecule has 1 aromatic heterocycles. The Balaban J connectivity index is 3.50. The van der Waals surface area contributed by atoms with Gasteiger partial charge >= 0.3 is 0 Å². The second-order valence-electron chi connectivity index (χ2n) is 1.94. The summed E-state index contributed by atoms with van der Waals surface area (Å²) in [7, 11) is 1.72. The molecule has 0 bridgehead atoms. The standard InChI is InChI=1S/C5H8N4S/c1-9-5(10)4(7)3(6)2-8-9/h2H,6-7H2,1H3. The molecule has 4 nitrogen and oxygen atoms in total. The third-order valence-corrected chi connectivity index (χ3v) is 1.69. The minimum Gasteiger partial charge on any atom is -0.396 e. The van der Waals surface area contributed by atoms with E-state index in [0.29, 0.717) is 16.0 Å². The Kier molecular flexibility index (Phi) is 1.58. The highest BCUT2D eigenvalue weighted by Crippen LogP contribution is 2.11. The summed E-state index contributed by atoms with van der Waals surface area (Å²) in [6.07, 6.45) is 1.48. The van der Waals surface area contributed by atoms with E-state index in [1.165, 1.54) is 10.9 Å². The van der Waals surface area contributed by atoms with E-state index in [0.717, 1.165) is 0 Å². The maximum absolute atomic E-state index is 5.49. The van der Waals surface area contributed by atoms with E-state index in [2.05, 4.69) is 5.10 Å². The Bertz CT molecular complexity index is 303. The van der Waals surface area contributed by atoms with Crippen LogP contribution in [-0.4, -0.2) is 9.78 Å². The third kappa shape index (κ3) is 0.950. The fourth-order valence-corrected chi connectivity index (χ4v) is 0.734. The van der Waals surface area contributed by atoms with Crippen molar-refractivity contribution in [3.8, 4) is 0 Å². The zero-order valence-electron chi connectivity index (χ0n) is 5.53. The quantitative estimate of drug-likeness (QED) is 0.530. The van der Waals surface area contributed by atoms with Gasteiger partial charge in [0, 0.05) is 7.05 Å². The molecule has 0 unspecified atom stereocenters. The van der Waals surface area contributed by atoms with Gasteiger partial charge in [0.15, 0.2) is 0 Å². The van der Waals surface area contributed by atoms with Gasteiger partial charge in [-0.1, -0.05) is 12.2 Å². The fraction of sp³-hybridized carbons (Fsp3) is 0.200. The molecule has 1 aromatic rings. The van der Waals surface area contributed by atoms with Gasteiger partial charge in [0.2, 0.25) is 0 Å². The molecule has 4 N–H and O–H groups in total. The second-order valence-corrected chi connectivity index (χ2v) is 2.33. The van der Waals surface area contributed by atoms with E-state index in [4.69, 9.17) is 23.7 Å². The van der Waals surface area contributed by atoms with Crippen LogP contribution in [0.25, 0.3) is 0 Å². The summed E-state index contributed by atoms with van der Waals surface area (Å²) in [5, 5.41) is 3.85. The van der Waals surface area contributed by atoms with Crippen LogP contribution in [0.15, 0.2) is 6.20 Å². The smallest absolute Gasteiger partial charge is 0.147 e. The molecule has 0 aliphatic rings. The van der Waals surface area contributed by atoms with Crippen LogP contribution < -0.4 is 11.5 Å². The Morgan fingerprint density at radius 3 is 2.70 bits per heavy atom. The Labute approximate surface area is 63.5 Å². The van der Waals surface area contributed by atoms with Crippen molar-refractivity contribution >= 4 is 23.6 Å². The molecule has 0 aromatic carbocycles. The summed E-state index contributed by atoms with van der Waals surface area (Å²) in [6, 6.07) is 0. The van der Waals surface area contributed by atoms with Crippen LogP contribution in [0.4, 0.5) is 11.4 Å². The zero-order chi connectivity index (χ0) is 7.72. The molecule has 5 heteroatoms. The Hall–Kier alpha value is -1.10. The van der Waals surface area contributed by atoms with Crippen molar-refractivity contribution in [2.45, 2.75) is 0 Å². The molecule has 0 fully saturated rings. The van der Waals surface area contributed by atoms with Crippen molar-refractivity contribution in [2.24, 2.45) is 7.05 Å². The highest BCUT2D eigenvalue weighted by atomic mass is 32.1. The summed E-state index contributed by atoms with van der Waals surface area (Å²) >= 11 is 4.88. The maximum Gasteiger partial charge on any atom is 0.147 e. The van der Waals surface area contributed by atoms with E-state index < -0.39 is 0 Å². The normalized spacial score (nSPS) is 9.70. The van der Waals surface area contributed by atoms with Crippen LogP contribution in [0.1, 0.15) is 0 Å². The topological polar surface area (TPSA) is 69.9 Å². The lowest BCUT2D eigenvalue weighted by Gasteiger charge is -2.01. The van der Waals surface area contributed by atoms with Crippen molar-refractivity contribution in [1.82, 2.24) is 9.78 Å². The molecule has 0 amide bonds. The average molecular weight is 156 g/mol. The molecule has 0 aliphatic carbocycles. The lowest BCUT2D eigenvalue weighted by Crippen LogP contribution is -2.04. The summed E-state index contributed by atoms with van der Waals surface area (Å²) in [6.45, 7) is 0. The molecule has 0 atom stereocenters. The Morgan fingerprint density at radius 2 is 2.20 bits per heavy atom. The molecule has 54 valence electrons. The van der Waals surface area contributed by atoms with E-state index in [9.17, 15) is 0 Å². The largest absolute Gasteiger partial charge is 0.396 e. The fourth-order valence-electron chi connectivity index (χ4n) is 0.569. The summed E-state index contributed by atoms with van der Waals surface area (Å²) in [5.41, 5.74) is 11.8. The minimum atomic E-state index is 0.424. The molecule has 0 saturated heterocycles. The summed E-state index contributed by atoms with van der Waals surface area (Å²) in [4.78, 5) is 0. The summed E-state index contributed by atoms with van der Waals surface area (Å²) in [5.74, 6) is 0. The Morgan fingerprint density at radius 1 is 1.60 bits per heavy atom. The van der Waals surface area contributed by atoms with Crippen LogP contribution in [0.5, 0.6) is 0 Å². The first-order chi connectivity index (χ1) is 4.63. The number of hydrogen-bond acceptors (Lipinski definition) is 4. The number of nitrogen functional groups attached to an aromatic ring is 2.